The number of nitrogens with zero attached hydrogens (tertiary/aromatic N) is 2. The summed E-state index contributed by atoms with van der Waals surface area (Å²) in [5.74, 6) is 1.22. The molecule has 3 unspecified atom stereocenters. The third-order valence-electron chi connectivity index (χ3n) is 4.77. The number of carbonyl (C=O) groups excluding carboxylic acids is 1. The molecule has 132 valence electrons. The normalized spacial score (nSPS) is 26.7. The topological polar surface area (TPSA) is 59.0 Å². The van der Waals surface area contributed by atoms with Crippen LogP contribution in [0.3, 0.4) is 0 Å². The zero-order chi connectivity index (χ0) is 14.7. The maximum absolute atomic E-state index is 12.1. The maximum atomic E-state index is 12.1. The summed E-state index contributed by atoms with van der Waals surface area (Å²) in [5, 5.41) is 6.73. The molecule has 0 aromatic carbocycles. The molecule has 2 aliphatic heterocycles. The van der Waals surface area contributed by atoms with E-state index in [-0.39, 0.29) is 30.7 Å². The standard InChI is InChI=1S/C16H26N4O.2ClH/c1-12(10-20-5-4-17-11-20)9-18-16(21)8-13-6-14-2-3-15(7-13)19-14;;/h4-5,11-15,19H,2-3,6-10H2,1H3,(H,18,21);2*1H. The molecule has 7 heteroatoms. The molecule has 3 atom stereocenters. The van der Waals surface area contributed by atoms with Crippen molar-refractivity contribution < 1.29 is 4.79 Å². The fraction of sp³-hybridized carbons (Fsp3) is 0.750. The second kappa shape index (κ2) is 9.50. The Hall–Kier alpha value is -0.780. The summed E-state index contributed by atoms with van der Waals surface area (Å²) in [5.41, 5.74) is 0. The highest BCUT2D eigenvalue weighted by atomic mass is 35.5. The molecule has 2 fully saturated rings. The monoisotopic (exact) mass is 362 g/mol. The number of hydrogen-bond donors (Lipinski definition) is 2. The Morgan fingerprint density at radius 3 is 2.65 bits per heavy atom. The second-order valence-corrected chi connectivity index (χ2v) is 6.85. The van der Waals surface area contributed by atoms with Crippen LogP contribution in [0.5, 0.6) is 0 Å². The Kier molecular flexibility index (Phi) is 8.37. The molecule has 1 aromatic rings. The van der Waals surface area contributed by atoms with E-state index in [2.05, 4.69) is 27.1 Å². The average molecular weight is 363 g/mol. The van der Waals surface area contributed by atoms with Gasteiger partial charge in [-0.05, 0) is 37.5 Å². The molecular formula is C16H28Cl2N4O. The first-order valence-electron chi connectivity index (χ1n) is 8.17. The van der Waals surface area contributed by atoms with Crippen molar-refractivity contribution in [3.8, 4) is 0 Å². The fourth-order valence-electron chi connectivity index (χ4n) is 3.78. The number of hydrogen-bond acceptors (Lipinski definition) is 3. The molecule has 2 bridgehead atoms. The maximum Gasteiger partial charge on any atom is 0.220 e. The minimum atomic E-state index is 0. The molecule has 1 aromatic heterocycles. The lowest BCUT2D eigenvalue weighted by Gasteiger charge is -2.28. The van der Waals surface area contributed by atoms with E-state index in [1.54, 1.807) is 6.20 Å². The van der Waals surface area contributed by atoms with Gasteiger partial charge in [0.15, 0.2) is 0 Å². The summed E-state index contributed by atoms with van der Waals surface area (Å²) in [4.78, 5) is 16.1. The van der Waals surface area contributed by atoms with Gasteiger partial charge in [0.2, 0.25) is 5.91 Å². The van der Waals surface area contributed by atoms with E-state index in [0.717, 1.165) is 13.1 Å². The lowest BCUT2D eigenvalue weighted by molar-refractivity contribution is -0.122. The lowest BCUT2D eigenvalue weighted by Crippen LogP contribution is -2.40. The largest absolute Gasteiger partial charge is 0.356 e. The van der Waals surface area contributed by atoms with E-state index in [0.29, 0.717) is 30.3 Å². The van der Waals surface area contributed by atoms with Crippen LogP contribution in [0.4, 0.5) is 0 Å². The Balaban J connectivity index is 0.00000132. The number of imidazole rings is 1. The van der Waals surface area contributed by atoms with Crippen LogP contribution in [-0.2, 0) is 11.3 Å². The molecule has 0 spiro atoms. The van der Waals surface area contributed by atoms with Gasteiger partial charge in [-0.25, -0.2) is 4.98 Å². The summed E-state index contributed by atoms with van der Waals surface area (Å²) < 4.78 is 2.06. The van der Waals surface area contributed by atoms with E-state index in [9.17, 15) is 4.79 Å². The first kappa shape index (κ1) is 20.3. The molecule has 0 radical (unpaired) electrons. The summed E-state index contributed by atoms with van der Waals surface area (Å²) in [6.07, 6.45) is 11.2. The van der Waals surface area contributed by atoms with Gasteiger partial charge >= 0.3 is 0 Å². The van der Waals surface area contributed by atoms with Gasteiger partial charge in [0.25, 0.3) is 0 Å². The van der Waals surface area contributed by atoms with Gasteiger partial charge in [-0.1, -0.05) is 6.92 Å². The molecule has 3 heterocycles. The van der Waals surface area contributed by atoms with Crippen molar-refractivity contribution in [1.29, 1.82) is 0 Å². The number of rotatable bonds is 6. The number of amides is 1. The van der Waals surface area contributed by atoms with E-state index in [4.69, 9.17) is 0 Å². The summed E-state index contributed by atoms with van der Waals surface area (Å²) >= 11 is 0. The van der Waals surface area contributed by atoms with Gasteiger partial charge in [-0.2, -0.15) is 0 Å². The van der Waals surface area contributed by atoms with E-state index >= 15 is 0 Å². The van der Waals surface area contributed by atoms with Crippen molar-refractivity contribution in [3.05, 3.63) is 18.7 Å². The zero-order valence-corrected chi connectivity index (χ0v) is 15.2. The van der Waals surface area contributed by atoms with E-state index < -0.39 is 0 Å². The van der Waals surface area contributed by atoms with Gasteiger partial charge in [0.1, 0.15) is 0 Å². The van der Waals surface area contributed by atoms with Crippen LogP contribution in [0, 0.1) is 11.8 Å². The highest BCUT2D eigenvalue weighted by molar-refractivity contribution is 5.85. The molecule has 2 saturated heterocycles. The molecule has 5 nitrogen and oxygen atoms in total. The zero-order valence-electron chi connectivity index (χ0n) is 13.6. The predicted octanol–water partition coefficient (Wildman–Crippen LogP) is 2.40. The third kappa shape index (κ3) is 5.98. The Labute approximate surface area is 150 Å². The van der Waals surface area contributed by atoms with Crippen molar-refractivity contribution in [3.63, 3.8) is 0 Å². The van der Waals surface area contributed by atoms with E-state index in [1.807, 2.05) is 12.5 Å². The smallest absolute Gasteiger partial charge is 0.220 e. The van der Waals surface area contributed by atoms with Crippen LogP contribution < -0.4 is 10.6 Å². The summed E-state index contributed by atoms with van der Waals surface area (Å²) in [6.45, 7) is 3.80. The summed E-state index contributed by atoms with van der Waals surface area (Å²) in [6, 6.07) is 1.34. The molecule has 1 amide bonds. The van der Waals surface area contributed by atoms with Crippen LogP contribution in [0.2, 0.25) is 0 Å². The van der Waals surface area contributed by atoms with Crippen molar-refractivity contribution in [2.24, 2.45) is 11.8 Å². The first-order chi connectivity index (χ1) is 10.2. The van der Waals surface area contributed by atoms with Crippen LogP contribution in [0.1, 0.15) is 39.0 Å². The molecular weight excluding hydrogens is 335 g/mol. The average Bonchev–Trinajstić information content (AvgIpc) is 3.06. The van der Waals surface area contributed by atoms with Gasteiger partial charge in [0, 0.05) is 44.0 Å². The number of carbonyl (C=O) groups is 1. The number of halogens is 2. The molecule has 0 saturated carbocycles. The van der Waals surface area contributed by atoms with Crippen LogP contribution in [-0.4, -0.2) is 34.1 Å². The minimum Gasteiger partial charge on any atom is -0.356 e. The SMILES string of the molecule is CC(CNC(=O)CC1CC2CCC(C1)N2)Cn1ccnc1.Cl.Cl. The molecule has 3 rings (SSSR count). The number of fused-ring (bicyclic) bond motifs is 2. The van der Waals surface area contributed by atoms with Crippen LogP contribution >= 0.6 is 24.8 Å². The molecule has 0 aliphatic carbocycles. The predicted molar refractivity (Wildman–Crippen MR) is 96.2 cm³/mol. The molecule has 2 aliphatic rings. The van der Waals surface area contributed by atoms with Gasteiger partial charge in [-0.3, -0.25) is 4.79 Å². The minimum absolute atomic E-state index is 0. The highest BCUT2D eigenvalue weighted by Gasteiger charge is 2.34. The van der Waals surface area contributed by atoms with Crippen molar-refractivity contribution >= 4 is 30.7 Å². The fourth-order valence-corrected chi connectivity index (χ4v) is 3.78. The highest BCUT2D eigenvalue weighted by Crippen LogP contribution is 2.32. The number of piperidine rings is 1. The first-order valence-corrected chi connectivity index (χ1v) is 8.17. The van der Waals surface area contributed by atoms with Crippen molar-refractivity contribution in [2.75, 3.05) is 6.54 Å². The Morgan fingerprint density at radius 1 is 1.35 bits per heavy atom. The third-order valence-corrected chi connectivity index (χ3v) is 4.77. The van der Waals surface area contributed by atoms with Crippen LogP contribution in [0.25, 0.3) is 0 Å². The second-order valence-electron chi connectivity index (χ2n) is 6.85. The molecule has 2 N–H and O–H groups in total. The Morgan fingerprint density at radius 2 is 2.04 bits per heavy atom. The quantitative estimate of drug-likeness (QED) is 0.816. The van der Waals surface area contributed by atoms with Crippen molar-refractivity contribution in [1.82, 2.24) is 20.2 Å². The van der Waals surface area contributed by atoms with Crippen LogP contribution in [0.15, 0.2) is 18.7 Å². The molecule has 23 heavy (non-hydrogen) atoms. The number of nitrogens with one attached hydrogen (secondary N) is 2. The summed E-state index contributed by atoms with van der Waals surface area (Å²) in [7, 11) is 0. The Bertz CT molecular complexity index is 457. The van der Waals surface area contributed by atoms with Gasteiger partial charge in [-0.15, -0.1) is 24.8 Å². The van der Waals surface area contributed by atoms with Gasteiger partial charge in [0.05, 0.1) is 6.33 Å². The van der Waals surface area contributed by atoms with Gasteiger partial charge < -0.3 is 15.2 Å². The number of aromatic nitrogens is 2. The van der Waals surface area contributed by atoms with Crippen molar-refractivity contribution in [2.45, 2.75) is 57.7 Å². The lowest BCUT2D eigenvalue weighted by atomic mass is 9.89. The van der Waals surface area contributed by atoms with E-state index in [1.165, 1.54) is 25.7 Å².